The zero-order chi connectivity index (χ0) is 17.1. The molecule has 126 valence electrons. The molecule has 0 aliphatic carbocycles. The van der Waals surface area contributed by atoms with Crippen molar-refractivity contribution < 1.29 is 4.42 Å². The highest BCUT2D eigenvalue weighted by Crippen LogP contribution is 2.33. The van der Waals surface area contributed by atoms with E-state index >= 15 is 0 Å². The predicted octanol–water partition coefficient (Wildman–Crippen LogP) is 4.35. The molecule has 0 saturated carbocycles. The van der Waals surface area contributed by atoms with Gasteiger partial charge >= 0.3 is 0 Å². The summed E-state index contributed by atoms with van der Waals surface area (Å²) in [6.45, 7) is 1.79. The maximum atomic E-state index is 5.39. The average molecular weight is 398 g/mol. The van der Waals surface area contributed by atoms with Crippen LogP contribution in [0.1, 0.15) is 6.42 Å². The number of aromatic nitrogens is 4. The van der Waals surface area contributed by atoms with Gasteiger partial charge in [0.1, 0.15) is 0 Å². The molecule has 0 aliphatic rings. The van der Waals surface area contributed by atoms with Crippen LogP contribution in [-0.2, 0) is 6.54 Å². The van der Waals surface area contributed by atoms with Crippen molar-refractivity contribution in [2.24, 2.45) is 0 Å². The molecule has 6 nitrogen and oxygen atoms in total. The van der Waals surface area contributed by atoms with Crippen molar-refractivity contribution in [2.75, 3.05) is 11.9 Å². The van der Waals surface area contributed by atoms with Crippen LogP contribution in [0.25, 0.3) is 22.4 Å². The number of hydrogen-bond acceptors (Lipinski definition) is 5. The molecule has 1 aromatic carbocycles. The lowest BCUT2D eigenvalue weighted by Gasteiger charge is -2.13. The third-order valence-corrected chi connectivity index (χ3v) is 4.47. The number of nitrogens with zero attached hydrogens (tertiary/aromatic N) is 4. The zero-order valence-electron chi connectivity index (χ0n) is 13.4. The second-order valence-electron chi connectivity index (χ2n) is 5.65. The third-order valence-electron chi connectivity index (χ3n) is 3.98. The van der Waals surface area contributed by atoms with Crippen LogP contribution in [0, 0.1) is 0 Å². The lowest BCUT2D eigenvalue weighted by atomic mass is 10.1. The summed E-state index contributed by atoms with van der Waals surface area (Å²) in [4.78, 5) is 4.52. The molecule has 4 aromatic rings. The Morgan fingerprint density at radius 1 is 1.20 bits per heavy atom. The van der Waals surface area contributed by atoms with Crippen LogP contribution < -0.4 is 5.32 Å². The van der Waals surface area contributed by atoms with Gasteiger partial charge in [-0.2, -0.15) is 0 Å². The number of aryl methyl sites for hydroxylation is 1. The maximum absolute atomic E-state index is 5.39. The highest BCUT2D eigenvalue weighted by molar-refractivity contribution is 9.10. The van der Waals surface area contributed by atoms with Crippen molar-refractivity contribution in [3.05, 3.63) is 59.8 Å². The van der Waals surface area contributed by atoms with Gasteiger partial charge in [0, 0.05) is 41.5 Å². The van der Waals surface area contributed by atoms with E-state index in [1.54, 1.807) is 6.20 Å². The smallest absolute Gasteiger partial charge is 0.251 e. The number of anilines is 1. The second kappa shape index (κ2) is 7.06. The Morgan fingerprint density at radius 3 is 2.88 bits per heavy atom. The summed E-state index contributed by atoms with van der Waals surface area (Å²) in [6, 6.07) is 10.1. The van der Waals surface area contributed by atoms with Crippen molar-refractivity contribution in [1.82, 2.24) is 19.7 Å². The maximum Gasteiger partial charge on any atom is 0.251 e. The molecule has 0 amide bonds. The van der Waals surface area contributed by atoms with Crippen LogP contribution in [-0.4, -0.2) is 26.3 Å². The summed E-state index contributed by atoms with van der Waals surface area (Å²) < 4.78 is 8.55. The minimum Gasteiger partial charge on any atom is -0.423 e. The van der Waals surface area contributed by atoms with Crippen molar-refractivity contribution in [2.45, 2.75) is 13.0 Å². The van der Waals surface area contributed by atoms with Gasteiger partial charge in [0.05, 0.1) is 16.8 Å². The highest BCUT2D eigenvalue weighted by Gasteiger charge is 2.14. The molecular weight excluding hydrogens is 382 g/mol. The fourth-order valence-corrected chi connectivity index (χ4v) is 3.16. The fraction of sp³-hybridized carbons (Fsp3) is 0.167. The molecule has 0 bridgehead atoms. The Morgan fingerprint density at radius 2 is 2.08 bits per heavy atom. The monoisotopic (exact) mass is 397 g/mol. The molecule has 0 saturated heterocycles. The lowest BCUT2D eigenvalue weighted by molar-refractivity contribution is 0.568. The van der Waals surface area contributed by atoms with Crippen LogP contribution in [0.3, 0.4) is 0 Å². The molecule has 0 unspecified atom stereocenters. The van der Waals surface area contributed by atoms with Crippen LogP contribution >= 0.6 is 15.9 Å². The fourth-order valence-electron chi connectivity index (χ4n) is 2.80. The third kappa shape index (κ3) is 3.41. The van der Waals surface area contributed by atoms with Gasteiger partial charge in [-0.05, 0) is 36.8 Å². The summed E-state index contributed by atoms with van der Waals surface area (Å²) in [5.74, 6) is 0.460. The largest absolute Gasteiger partial charge is 0.423 e. The van der Waals surface area contributed by atoms with Crippen LogP contribution in [0.5, 0.6) is 0 Å². The van der Waals surface area contributed by atoms with E-state index in [9.17, 15) is 0 Å². The number of halogens is 1. The molecule has 0 aliphatic heterocycles. The first-order chi connectivity index (χ1) is 12.3. The van der Waals surface area contributed by atoms with Crippen molar-refractivity contribution in [3.63, 3.8) is 0 Å². The molecule has 4 rings (SSSR count). The van der Waals surface area contributed by atoms with E-state index in [4.69, 9.17) is 4.42 Å². The Labute approximate surface area is 153 Å². The van der Waals surface area contributed by atoms with E-state index in [0.717, 1.165) is 46.1 Å². The molecule has 3 aromatic heterocycles. The number of rotatable bonds is 6. The summed E-state index contributed by atoms with van der Waals surface area (Å²) in [7, 11) is 0. The van der Waals surface area contributed by atoms with Crippen molar-refractivity contribution in [1.29, 1.82) is 0 Å². The quantitative estimate of drug-likeness (QED) is 0.489. The first-order valence-electron chi connectivity index (χ1n) is 8.01. The molecule has 0 radical (unpaired) electrons. The summed E-state index contributed by atoms with van der Waals surface area (Å²) >= 11 is 3.54. The van der Waals surface area contributed by atoms with E-state index in [2.05, 4.69) is 59.5 Å². The van der Waals surface area contributed by atoms with Crippen molar-refractivity contribution in [3.8, 4) is 11.5 Å². The Balaban J connectivity index is 1.64. The summed E-state index contributed by atoms with van der Waals surface area (Å²) in [5.41, 5.74) is 2.69. The van der Waals surface area contributed by atoms with Crippen LogP contribution in [0.2, 0.25) is 0 Å². The molecule has 0 atom stereocenters. The molecular formula is C18H16BrN5O. The van der Waals surface area contributed by atoms with Gasteiger partial charge < -0.3 is 14.3 Å². The Bertz CT molecular complexity index is 967. The van der Waals surface area contributed by atoms with Crippen LogP contribution in [0.4, 0.5) is 5.69 Å². The first kappa shape index (κ1) is 15.8. The van der Waals surface area contributed by atoms with Gasteiger partial charge in [0.25, 0.3) is 5.89 Å². The van der Waals surface area contributed by atoms with E-state index in [0.29, 0.717) is 5.89 Å². The molecule has 0 spiro atoms. The Kier molecular flexibility index (Phi) is 4.47. The number of fused-ring (bicyclic) bond motifs is 1. The first-order valence-corrected chi connectivity index (χ1v) is 8.80. The predicted molar refractivity (Wildman–Crippen MR) is 100 cm³/mol. The average Bonchev–Trinajstić information content (AvgIpc) is 3.32. The normalized spacial score (nSPS) is 11.1. The van der Waals surface area contributed by atoms with Gasteiger partial charge in [-0.25, -0.2) is 0 Å². The van der Waals surface area contributed by atoms with E-state index in [1.165, 1.54) is 6.39 Å². The zero-order valence-corrected chi connectivity index (χ0v) is 15.0. The van der Waals surface area contributed by atoms with Gasteiger partial charge in [-0.3, -0.25) is 4.98 Å². The van der Waals surface area contributed by atoms with E-state index in [-0.39, 0.29) is 0 Å². The minimum absolute atomic E-state index is 0.460. The van der Waals surface area contributed by atoms with Gasteiger partial charge in [-0.15, -0.1) is 10.2 Å². The van der Waals surface area contributed by atoms with Crippen LogP contribution in [0.15, 0.2) is 64.2 Å². The molecule has 0 fully saturated rings. The summed E-state index contributed by atoms with van der Waals surface area (Å²) in [6.07, 6.45) is 8.25. The van der Waals surface area contributed by atoms with E-state index < -0.39 is 0 Å². The topological polar surface area (TPSA) is 68.8 Å². The molecule has 1 N–H and O–H groups in total. The van der Waals surface area contributed by atoms with Gasteiger partial charge in [0.15, 0.2) is 0 Å². The van der Waals surface area contributed by atoms with Crippen molar-refractivity contribution >= 4 is 32.5 Å². The molecule has 25 heavy (non-hydrogen) atoms. The Hall–Kier alpha value is -2.67. The minimum atomic E-state index is 0.460. The SMILES string of the molecule is Brc1ccc2ncc(-c3nnco3)c(NCCCn3cccc3)c2c1. The van der Waals surface area contributed by atoms with Gasteiger partial charge in [0.2, 0.25) is 6.39 Å². The number of benzene rings is 1. The molecule has 7 heteroatoms. The standard InChI is InChI=1S/C18H16BrN5O/c19-13-4-5-16-14(10-13)17(15(11-21-16)18-23-22-12-25-18)20-6-3-9-24-7-1-2-8-24/h1-2,4-5,7-8,10-12H,3,6,9H2,(H,20,21). The number of pyridine rings is 1. The second-order valence-corrected chi connectivity index (χ2v) is 6.57. The lowest BCUT2D eigenvalue weighted by Crippen LogP contribution is -2.07. The van der Waals surface area contributed by atoms with Gasteiger partial charge in [-0.1, -0.05) is 15.9 Å². The summed E-state index contributed by atoms with van der Waals surface area (Å²) in [5, 5.41) is 12.4. The van der Waals surface area contributed by atoms with E-state index in [1.807, 2.05) is 24.3 Å². The number of nitrogens with one attached hydrogen (secondary N) is 1. The molecule has 3 heterocycles. The highest BCUT2D eigenvalue weighted by atomic mass is 79.9. The number of hydrogen-bond donors (Lipinski definition) is 1.